The Morgan fingerprint density at radius 3 is 2.35 bits per heavy atom. The van der Waals surface area contributed by atoms with Gasteiger partial charge < -0.3 is 10.4 Å². The number of carbonyl (C=O) groups excluding carboxylic acids is 3. The van der Waals surface area contributed by atoms with Crippen LogP contribution in [-0.4, -0.2) is 35.5 Å². The highest BCUT2D eigenvalue weighted by Crippen LogP contribution is 2.19. The summed E-state index contributed by atoms with van der Waals surface area (Å²) >= 11 is 0. The third kappa shape index (κ3) is 3.73. The number of nitrogens with zero attached hydrogens (tertiary/aromatic N) is 1. The summed E-state index contributed by atoms with van der Waals surface area (Å²) in [7, 11) is 0. The van der Waals surface area contributed by atoms with Crippen LogP contribution in [-0.2, 0) is 4.79 Å². The van der Waals surface area contributed by atoms with E-state index in [2.05, 4.69) is 10.6 Å². The van der Waals surface area contributed by atoms with E-state index in [1.54, 1.807) is 43.3 Å². The number of imide groups is 1. The summed E-state index contributed by atoms with van der Waals surface area (Å²) in [5.74, 6) is -0.693. The number of aliphatic hydroxyl groups excluding tert-OH is 1. The molecule has 1 aliphatic rings. The van der Waals surface area contributed by atoms with Crippen LogP contribution in [0.4, 0.5) is 10.5 Å². The maximum Gasteiger partial charge on any atom is 0.329 e. The average molecular weight is 353 g/mol. The first-order chi connectivity index (χ1) is 12.5. The van der Waals surface area contributed by atoms with Gasteiger partial charge in [0.25, 0.3) is 5.91 Å². The van der Waals surface area contributed by atoms with Crippen LogP contribution in [0.15, 0.2) is 54.6 Å². The highest BCUT2D eigenvalue weighted by Gasteiger charge is 2.28. The summed E-state index contributed by atoms with van der Waals surface area (Å²) in [6.45, 7) is 1.69. The van der Waals surface area contributed by atoms with Gasteiger partial charge in [-0.3, -0.25) is 19.8 Å². The number of anilines is 1. The number of rotatable bonds is 5. The van der Waals surface area contributed by atoms with Crippen molar-refractivity contribution in [3.05, 3.63) is 65.7 Å². The first kappa shape index (κ1) is 17.6. The zero-order valence-electron chi connectivity index (χ0n) is 14.2. The fourth-order valence-electron chi connectivity index (χ4n) is 2.75. The Balaban J connectivity index is 1.65. The molecule has 7 nitrogen and oxygen atoms in total. The lowest BCUT2D eigenvalue weighted by molar-refractivity contribution is -0.117. The van der Waals surface area contributed by atoms with Gasteiger partial charge in [0.05, 0.1) is 12.1 Å². The van der Waals surface area contributed by atoms with E-state index >= 15 is 0 Å². The van der Waals surface area contributed by atoms with E-state index in [-0.39, 0.29) is 18.4 Å². The van der Waals surface area contributed by atoms with Gasteiger partial charge in [0.1, 0.15) is 6.54 Å². The van der Waals surface area contributed by atoms with Gasteiger partial charge in [0.2, 0.25) is 5.91 Å². The first-order valence-corrected chi connectivity index (χ1v) is 8.21. The Kier molecular flexibility index (Phi) is 4.99. The fraction of sp³-hybridized carbons (Fsp3) is 0.211. The molecule has 1 fully saturated rings. The quantitative estimate of drug-likeness (QED) is 0.711. The van der Waals surface area contributed by atoms with Gasteiger partial charge >= 0.3 is 6.03 Å². The molecule has 1 saturated heterocycles. The Labute approximate surface area is 150 Å². The van der Waals surface area contributed by atoms with Crippen LogP contribution in [0.3, 0.4) is 0 Å². The largest absolute Gasteiger partial charge is 0.386 e. The molecule has 0 aromatic heterocycles. The maximum absolute atomic E-state index is 12.4. The summed E-state index contributed by atoms with van der Waals surface area (Å²) < 4.78 is 0. The second kappa shape index (κ2) is 7.37. The SMILES string of the molecule is C[C@H](NC(=O)c1ccc(N2CC(=O)NC2=O)cc1)[C@H](O)c1ccccc1. The molecule has 4 amide bonds. The van der Waals surface area contributed by atoms with Crippen molar-refractivity contribution in [2.45, 2.75) is 19.1 Å². The Hall–Kier alpha value is -3.19. The lowest BCUT2D eigenvalue weighted by atomic mass is 10.0. The highest BCUT2D eigenvalue weighted by atomic mass is 16.3. The number of hydrogen-bond donors (Lipinski definition) is 3. The molecule has 134 valence electrons. The standard InChI is InChI=1S/C19H19N3O4/c1-12(17(24)13-5-3-2-4-6-13)20-18(25)14-7-9-15(10-8-14)22-11-16(23)21-19(22)26/h2-10,12,17,24H,11H2,1H3,(H,20,25)(H,21,23,26)/t12-,17-/m0/s1. The van der Waals surface area contributed by atoms with Crippen LogP contribution < -0.4 is 15.5 Å². The number of urea groups is 1. The molecule has 3 rings (SSSR count). The molecule has 1 heterocycles. The second-order valence-electron chi connectivity index (χ2n) is 6.10. The van der Waals surface area contributed by atoms with Crippen molar-refractivity contribution >= 4 is 23.5 Å². The molecule has 7 heteroatoms. The minimum absolute atomic E-state index is 0.0370. The van der Waals surface area contributed by atoms with E-state index in [0.717, 1.165) is 5.56 Å². The smallest absolute Gasteiger partial charge is 0.329 e. The number of amides is 4. The molecule has 0 spiro atoms. The van der Waals surface area contributed by atoms with Crippen LogP contribution in [0.1, 0.15) is 28.9 Å². The molecule has 0 aliphatic carbocycles. The number of nitrogens with one attached hydrogen (secondary N) is 2. The number of aliphatic hydroxyl groups is 1. The van der Waals surface area contributed by atoms with Gasteiger partial charge in [0.15, 0.2) is 0 Å². The lowest BCUT2D eigenvalue weighted by Crippen LogP contribution is -2.37. The number of hydrogen-bond acceptors (Lipinski definition) is 4. The summed E-state index contributed by atoms with van der Waals surface area (Å²) in [4.78, 5) is 36.6. The second-order valence-corrected chi connectivity index (χ2v) is 6.10. The topological polar surface area (TPSA) is 98.7 Å². The first-order valence-electron chi connectivity index (χ1n) is 8.21. The van der Waals surface area contributed by atoms with Crippen LogP contribution in [0.5, 0.6) is 0 Å². The number of benzene rings is 2. The molecule has 1 aliphatic heterocycles. The van der Waals surface area contributed by atoms with Crippen molar-refractivity contribution in [1.29, 1.82) is 0 Å². The molecule has 0 unspecified atom stereocenters. The molecule has 0 saturated carbocycles. The Morgan fingerprint density at radius 2 is 1.77 bits per heavy atom. The summed E-state index contributed by atoms with van der Waals surface area (Å²) in [6.07, 6.45) is -0.821. The Bertz CT molecular complexity index is 820. The molecule has 26 heavy (non-hydrogen) atoms. The molecule has 2 aromatic carbocycles. The van der Waals surface area contributed by atoms with Crippen molar-refractivity contribution in [2.75, 3.05) is 11.4 Å². The minimum Gasteiger partial charge on any atom is -0.386 e. The zero-order valence-corrected chi connectivity index (χ0v) is 14.2. The van der Waals surface area contributed by atoms with Gasteiger partial charge in [-0.2, -0.15) is 0 Å². The van der Waals surface area contributed by atoms with E-state index in [4.69, 9.17) is 0 Å². The van der Waals surface area contributed by atoms with Crippen molar-refractivity contribution in [3.8, 4) is 0 Å². The lowest BCUT2D eigenvalue weighted by Gasteiger charge is -2.21. The summed E-state index contributed by atoms with van der Waals surface area (Å²) in [5.41, 5.74) is 1.65. The molecular formula is C19H19N3O4. The Morgan fingerprint density at radius 1 is 1.12 bits per heavy atom. The van der Waals surface area contributed by atoms with Gasteiger partial charge in [0, 0.05) is 11.3 Å². The van der Waals surface area contributed by atoms with Crippen molar-refractivity contribution in [3.63, 3.8) is 0 Å². The predicted octanol–water partition coefficient (Wildman–Crippen LogP) is 1.59. The average Bonchev–Trinajstić information content (AvgIpc) is 3.00. The minimum atomic E-state index is -0.821. The zero-order chi connectivity index (χ0) is 18.7. The molecule has 2 aromatic rings. The predicted molar refractivity (Wildman–Crippen MR) is 95.7 cm³/mol. The van der Waals surface area contributed by atoms with Gasteiger partial charge in [-0.05, 0) is 36.8 Å². The maximum atomic E-state index is 12.4. The summed E-state index contributed by atoms with van der Waals surface area (Å²) in [6, 6.07) is 14.5. The fourth-order valence-corrected chi connectivity index (χ4v) is 2.75. The van der Waals surface area contributed by atoms with Gasteiger partial charge in [-0.15, -0.1) is 0 Å². The van der Waals surface area contributed by atoms with Crippen LogP contribution >= 0.6 is 0 Å². The molecule has 0 radical (unpaired) electrons. The van der Waals surface area contributed by atoms with Crippen molar-refractivity contribution < 1.29 is 19.5 Å². The molecule has 0 bridgehead atoms. The van der Waals surface area contributed by atoms with E-state index in [1.807, 2.05) is 18.2 Å². The van der Waals surface area contributed by atoms with Gasteiger partial charge in [-0.1, -0.05) is 30.3 Å². The van der Waals surface area contributed by atoms with E-state index in [1.165, 1.54) is 4.90 Å². The monoisotopic (exact) mass is 353 g/mol. The molecule has 2 atom stereocenters. The van der Waals surface area contributed by atoms with Gasteiger partial charge in [-0.25, -0.2) is 4.79 Å². The third-order valence-corrected chi connectivity index (χ3v) is 4.21. The van der Waals surface area contributed by atoms with Crippen LogP contribution in [0.2, 0.25) is 0 Å². The van der Waals surface area contributed by atoms with E-state index in [9.17, 15) is 19.5 Å². The van der Waals surface area contributed by atoms with Crippen LogP contribution in [0, 0.1) is 0 Å². The summed E-state index contributed by atoms with van der Waals surface area (Å²) in [5, 5.41) is 15.3. The van der Waals surface area contributed by atoms with Crippen molar-refractivity contribution in [1.82, 2.24) is 10.6 Å². The van der Waals surface area contributed by atoms with E-state index < -0.39 is 18.2 Å². The van der Waals surface area contributed by atoms with E-state index in [0.29, 0.717) is 11.3 Å². The number of carbonyl (C=O) groups is 3. The third-order valence-electron chi connectivity index (χ3n) is 4.21. The normalized spacial score (nSPS) is 16.2. The van der Waals surface area contributed by atoms with Crippen molar-refractivity contribution in [2.24, 2.45) is 0 Å². The highest BCUT2D eigenvalue weighted by molar-refractivity contribution is 6.12. The molecular weight excluding hydrogens is 334 g/mol. The van der Waals surface area contributed by atoms with Crippen LogP contribution in [0.25, 0.3) is 0 Å². The molecule has 3 N–H and O–H groups in total.